The number of nitrogens with one attached hydrogen (secondary N) is 1. The van der Waals surface area contributed by atoms with E-state index < -0.39 is 0 Å². The lowest BCUT2D eigenvalue weighted by Crippen LogP contribution is -2.30. The summed E-state index contributed by atoms with van der Waals surface area (Å²) >= 11 is 6.10. The van der Waals surface area contributed by atoms with Crippen LogP contribution in [0.15, 0.2) is 60.8 Å². The van der Waals surface area contributed by atoms with Crippen molar-refractivity contribution in [3.05, 3.63) is 82.6 Å². The second kappa shape index (κ2) is 8.73. The Hall–Kier alpha value is -2.79. The van der Waals surface area contributed by atoms with Crippen LogP contribution in [0, 0.1) is 6.92 Å². The number of aromatic nitrogens is 2. The maximum Gasteiger partial charge on any atom is 0.270 e. The van der Waals surface area contributed by atoms with Crippen LogP contribution in [0.2, 0.25) is 5.02 Å². The van der Waals surface area contributed by atoms with Gasteiger partial charge in [0, 0.05) is 6.20 Å². The number of benzene rings is 2. The number of para-hydroxylation sites is 1. The van der Waals surface area contributed by atoms with Gasteiger partial charge in [-0.15, -0.1) is 0 Å². The maximum atomic E-state index is 12.8. The third kappa shape index (κ3) is 4.68. The van der Waals surface area contributed by atoms with Crippen molar-refractivity contribution >= 4 is 17.5 Å². The Kier molecular flexibility index (Phi) is 6.14. The van der Waals surface area contributed by atoms with Crippen LogP contribution < -0.4 is 10.1 Å². The molecular formula is C21H22ClN3O2. The highest BCUT2D eigenvalue weighted by atomic mass is 35.5. The normalized spacial score (nSPS) is 11.8. The van der Waals surface area contributed by atoms with Crippen molar-refractivity contribution in [2.24, 2.45) is 0 Å². The van der Waals surface area contributed by atoms with Gasteiger partial charge in [0.15, 0.2) is 6.73 Å². The molecule has 0 bridgehead atoms. The Labute approximate surface area is 163 Å². The molecule has 0 saturated carbocycles. The lowest BCUT2D eigenvalue weighted by Gasteiger charge is -2.18. The first-order valence-electron chi connectivity index (χ1n) is 8.85. The molecule has 3 rings (SSSR count). The third-order valence-electron chi connectivity index (χ3n) is 4.32. The van der Waals surface area contributed by atoms with Gasteiger partial charge in [0.1, 0.15) is 11.4 Å². The Morgan fingerprint density at radius 1 is 1.19 bits per heavy atom. The fourth-order valence-electron chi connectivity index (χ4n) is 2.77. The summed E-state index contributed by atoms with van der Waals surface area (Å²) in [6, 6.07) is 17.0. The number of rotatable bonds is 7. The number of hydrogen-bond donors (Lipinski definition) is 1. The lowest BCUT2D eigenvalue weighted by molar-refractivity contribution is 0.0914. The van der Waals surface area contributed by atoms with Gasteiger partial charge < -0.3 is 10.1 Å². The molecule has 1 aromatic heterocycles. The van der Waals surface area contributed by atoms with Crippen molar-refractivity contribution < 1.29 is 9.53 Å². The fourth-order valence-corrected chi connectivity index (χ4v) is 2.96. The fraction of sp³-hybridized carbons (Fsp3) is 0.238. The van der Waals surface area contributed by atoms with Gasteiger partial charge in [-0.05, 0) is 37.1 Å². The molecular weight excluding hydrogens is 362 g/mol. The van der Waals surface area contributed by atoms with Crippen molar-refractivity contribution in [2.45, 2.75) is 33.0 Å². The Bertz CT molecular complexity index is 906. The summed E-state index contributed by atoms with van der Waals surface area (Å²) in [7, 11) is 0. The SMILES string of the molecule is CCC(NC(=O)c1ccnn1COc1ccccc1Cl)c1ccc(C)cc1. The van der Waals surface area contributed by atoms with E-state index in [4.69, 9.17) is 16.3 Å². The summed E-state index contributed by atoms with van der Waals surface area (Å²) in [6.07, 6.45) is 2.37. The van der Waals surface area contributed by atoms with Gasteiger partial charge in [-0.3, -0.25) is 4.79 Å². The van der Waals surface area contributed by atoms with Crippen LogP contribution in [0.4, 0.5) is 0 Å². The van der Waals surface area contributed by atoms with Gasteiger partial charge in [0.25, 0.3) is 5.91 Å². The zero-order valence-electron chi connectivity index (χ0n) is 15.4. The van der Waals surface area contributed by atoms with Gasteiger partial charge >= 0.3 is 0 Å². The molecule has 0 radical (unpaired) electrons. The summed E-state index contributed by atoms with van der Waals surface area (Å²) in [4.78, 5) is 12.8. The predicted molar refractivity (Wildman–Crippen MR) is 106 cm³/mol. The summed E-state index contributed by atoms with van der Waals surface area (Å²) < 4.78 is 7.20. The minimum Gasteiger partial charge on any atom is -0.470 e. The Morgan fingerprint density at radius 3 is 2.63 bits per heavy atom. The quantitative estimate of drug-likeness (QED) is 0.639. The minimum absolute atomic E-state index is 0.0639. The van der Waals surface area contributed by atoms with Crippen molar-refractivity contribution in [3.8, 4) is 5.75 Å². The largest absolute Gasteiger partial charge is 0.470 e. The average Bonchev–Trinajstić information content (AvgIpc) is 3.15. The van der Waals surface area contributed by atoms with Crippen LogP contribution in [-0.4, -0.2) is 15.7 Å². The molecule has 1 atom stereocenters. The van der Waals surface area contributed by atoms with E-state index in [2.05, 4.69) is 10.4 Å². The van der Waals surface area contributed by atoms with E-state index in [1.54, 1.807) is 24.4 Å². The van der Waals surface area contributed by atoms with Crippen molar-refractivity contribution in [3.63, 3.8) is 0 Å². The zero-order valence-corrected chi connectivity index (χ0v) is 16.1. The van der Waals surface area contributed by atoms with Gasteiger partial charge in [-0.2, -0.15) is 5.10 Å². The lowest BCUT2D eigenvalue weighted by atomic mass is 10.0. The third-order valence-corrected chi connectivity index (χ3v) is 4.63. The number of hydrogen-bond acceptors (Lipinski definition) is 3. The van der Waals surface area contributed by atoms with Crippen molar-refractivity contribution in [2.75, 3.05) is 0 Å². The number of amides is 1. The molecule has 0 aliphatic heterocycles. The summed E-state index contributed by atoms with van der Waals surface area (Å²) in [6.45, 7) is 4.18. The topological polar surface area (TPSA) is 56.2 Å². The standard InChI is InChI=1S/C21H22ClN3O2/c1-3-18(16-10-8-15(2)9-11-16)24-21(26)19-12-13-23-25(19)14-27-20-7-5-4-6-17(20)22/h4-13,18H,3,14H2,1-2H3,(H,24,26). The Morgan fingerprint density at radius 2 is 1.93 bits per heavy atom. The van der Waals surface area contributed by atoms with Gasteiger partial charge in [-0.1, -0.05) is 60.5 Å². The maximum absolute atomic E-state index is 12.8. The molecule has 0 saturated heterocycles. The molecule has 1 unspecified atom stereocenters. The minimum atomic E-state index is -0.192. The molecule has 0 fully saturated rings. The number of carbonyl (C=O) groups is 1. The second-order valence-electron chi connectivity index (χ2n) is 6.26. The summed E-state index contributed by atoms with van der Waals surface area (Å²) in [5, 5.41) is 7.78. The molecule has 140 valence electrons. The molecule has 3 aromatic rings. The first-order valence-corrected chi connectivity index (χ1v) is 9.23. The van der Waals surface area contributed by atoms with Crippen LogP contribution in [0.25, 0.3) is 0 Å². The van der Waals surface area contributed by atoms with Gasteiger partial charge in [0.05, 0.1) is 11.1 Å². The highest BCUT2D eigenvalue weighted by Gasteiger charge is 2.17. The van der Waals surface area contributed by atoms with Gasteiger partial charge in [-0.25, -0.2) is 4.68 Å². The average molecular weight is 384 g/mol. The number of halogens is 1. The molecule has 1 N–H and O–H groups in total. The van der Waals surface area contributed by atoms with E-state index in [-0.39, 0.29) is 18.7 Å². The molecule has 0 aliphatic carbocycles. The molecule has 0 aliphatic rings. The number of aryl methyl sites for hydroxylation is 1. The molecule has 1 heterocycles. The molecule has 27 heavy (non-hydrogen) atoms. The van der Waals surface area contributed by atoms with E-state index in [1.807, 2.05) is 50.2 Å². The highest BCUT2D eigenvalue weighted by Crippen LogP contribution is 2.23. The molecule has 5 nitrogen and oxygen atoms in total. The van der Waals surface area contributed by atoms with E-state index in [9.17, 15) is 4.79 Å². The van der Waals surface area contributed by atoms with E-state index in [0.717, 1.165) is 12.0 Å². The van der Waals surface area contributed by atoms with E-state index >= 15 is 0 Å². The smallest absolute Gasteiger partial charge is 0.270 e. The number of carbonyl (C=O) groups excluding carboxylic acids is 1. The van der Waals surface area contributed by atoms with Crippen LogP contribution in [0.3, 0.4) is 0 Å². The second-order valence-corrected chi connectivity index (χ2v) is 6.67. The molecule has 1 amide bonds. The zero-order chi connectivity index (χ0) is 19.2. The van der Waals surface area contributed by atoms with E-state index in [0.29, 0.717) is 16.5 Å². The Balaban J connectivity index is 1.69. The molecule has 0 spiro atoms. The van der Waals surface area contributed by atoms with Gasteiger partial charge in [0.2, 0.25) is 0 Å². The van der Waals surface area contributed by atoms with Crippen molar-refractivity contribution in [1.29, 1.82) is 0 Å². The van der Waals surface area contributed by atoms with Crippen LogP contribution in [0.1, 0.15) is 41.0 Å². The van der Waals surface area contributed by atoms with E-state index in [1.165, 1.54) is 10.2 Å². The monoisotopic (exact) mass is 383 g/mol. The first-order chi connectivity index (χ1) is 13.1. The van der Waals surface area contributed by atoms with Crippen LogP contribution in [0.5, 0.6) is 5.75 Å². The van der Waals surface area contributed by atoms with Crippen LogP contribution in [-0.2, 0) is 6.73 Å². The number of nitrogens with zero attached hydrogens (tertiary/aromatic N) is 2. The highest BCUT2D eigenvalue weighted by molar-refractivity contribution is 6.32. The summed E-state index contributed by atoms with van der Waals surface area (Å²) in [5.74, 6) is 0.356. The van der Waals surface area contributed by atoms with Crippen LogP contribution >= 0.6 is 11.6 Å². The number of ether oxygens (including phenoxy) is 1. The first kappa shape index (κ1) is 19.0. The summed E-state index contributed by atoms with van der Waals surface area (Å²) in [5.41, 5.74) is 2.71. The molecule has 6 heteroatoms. The van der Waals surface area contributed by atoms with Crippen molar-refractivity contribution in [1.82, 2.24) is 15.1 Å². The predicted octanol–water partition coefficient (Wildman–Crippen LogP) is 4.76. The molecule has 2 aromatic carbocycles.